The van der Waals surface area contributed by atoms with Crippen molar-refractivity contribution in [3.63, 3.8) is 0 Å². The quantitative estimate of drug-likeness (QED) is 0.496. The topological polar surface area (TPSA) is 102 Å². The smallest absolute Gasteiger partial charge is 0.267 e. The Morgan fingerprint density at radius 3 is 2.90 bits per heavy atom. The maximum absolute atomic E-state index is 11.9. The fourth-order valence-electron chi connectivity index (χ4n) is 3.49. The summed E-state index contributed by atoms with van der Waals surface area (Å²) in [5.41, 5.74) is 3.10. The SMILES string of the molecule is O=C(C=Cc1cnc(N[C@@H]2CCN(c3ncccn3)C2)c(Cl)c1)NOC1CCCCO1. The van der Waals surface area contributed by atoms with Gasteiger partial charge in [-0.3, -0.25) is 4.79 Å². The summed E-state index contributed by atoms with van der Waals surface area (Å²) in [5.74, 6) is 0.965. The lowest BCUT2D eigenvalue weighted by molar-refractivity contribution is -0.198. The molecule has 0 spiro atoms. The molecule has 2 N–H and O–H groups in total. The van der Waals surface area contributed by atoms with Gasteiger partial charge in [0.15, 0.2) is 6.29 Å². The zero-order chi connectivity index (χ0) is 21.5. The molecule has 2 fully saturated rings. The summed E-state index contributed by atoms with van der Waals surface area (Å²) >= 11 is 6.40. The summed E-state index contributed by atoms with van der Waals surface area (Å²) in [6, 6.07) is 3.76. The van der Waals surface area contributed by atoms with Crippen molar-refractivity contribution in [2.24, 2.45) is 0 Å². The van der Waals surface area contributed by atoms with Crippen molar-refractivity contribution in [1.82, 2.24) is 20.4 Å². The number of rotatable bonds is 7. The van der Waals surface area contributed by atoms with E-state index in [0.717, 1.165) is 44.7 Å². The van der Waals surface area contributed by atoms with E-state index >= 15 is 0 Å². The second-order valence-electron chi connectivity index (χ2n) is 7.44. The van der Waals surface area contributed by atoms with Crippen molar-refractivity contribution in [3.8, 4) is 0 Å². The molecular weight excluding hydrogens is 420 g/mol. The van der Waals surface area contributed by atoms with Crippen molar-refractivity contribution in [3.05, 3.63) is 47.4 Å². The first-order valence-corrected chi connectivity index (χ1v) is 10.7. The normalized spacial score (nSPS) is 21.4. The van der Waals surface area contributed by atoms with Crippen LogP contribution in [0.2, 0.25) is 5.02 Å². The van der Waals surface area contributed by atoms with Gasteiger partial charge in [-0.1, -0.05) is 11.6 Å². The highest BCUT2D eigenvalue weighted by Crippen LogP contribution is 2.24. The van der Waals surface area contributed by atoms with Crippen molar-refractivity contribution in [1.29, 1.82) is 0 Å². The highest BCUT2D eigenvalue weighted by atomic mass is 35.5. The van der Waals surface area contributed by atoms with Crippen LogP contribution in [-0.2, 0) is 14.4 Å². The number of aromatic nitrogens is 3. The number of hydrogen-bond donors (Lipinski definition) is 2. The Morgan fingerprint density at radius 2 is 2.13 bits per heavy atom. The van der Waals surface area contributed by atoms with Gasteiger partial charge in [0.05, 0.1) is 5.02 Å². The number of halogens is 1. The van der Waals surface area contributed by atoms with E-state index in [1.54, 1.807) is 36.8 Å². The Kier molecular flexibility index (Phi) is 7.29. The predicted octanol–water partition coefficient (Wildman–Crippen LogP) is 2.80. The van der Waals surface area contributed by atoms with E-state index in [2.05, 4.69) is 30.6 Å². The molecule has 1 unspecified atom stereocenters. The van der Waals surface area contributed by atoms with Gasteiger partial charge >= 0.3 is 0 Å². The molecule has 4 rings (SSSR count). The number of pyridine rings is 1. The van der Waals surface area contributed by atoms with E-state index in [4.69, 9.17) is 21.2 Å². The predicted molar refractivity (Wildman–Crippen MR) is 117 cm³/mol. The standard InChI is InChI=1S/C21H25ClN6O3/c22-17-12-15(5-6-18(29)27-31-19-4-1-2-11-30-19)13-25-20(17)26-16-7-10-28(14-16)21-23-8-3-9-24-21/h3,5-6,8-9,12-13,16,19H,1-2,4,7,10-11,14H2,(H,25,26)(H,27,29)/t16-,19?/m1/s1. The minimum absolute atomic E-state index is 0.195. The van der Waals surface area contributed by atoms with E-state index in [0.29, 0.717) is 23.0 Å². The van der Waals surface area contributed by atoms with E-state index in [1.165, 1.54) is 6.08 Å². The van der Waals surface area contributed by atoms with Gasteiger partial charge < -0.3 is 15.0 Å². The van der Waals surface area contributed by atoms with E-state index in [-0.39, 0.29) is 18.2 Å². The van der Waals surface area contributed by atoms with Crippen molar-refractivity contribution in [2.75, 3.05) is 29.9 Å². The average Bonchev–Trinajstić information content (AvgIpc) is 3.28. The van der Waals surface area contributed by atoms with Gasteiger partial charge in [-0.15, -0.1) is 0 Å². The lowest BCUT2D eigenvalue weighted by Crippen LogP contribution is -2.32. The summed E-state index contributed by atoms with van der Waals surface area (Å²) in [5, 5.41) is 3.87. The Morgan fingerprint density at radius 1 is 1.26 bits per heavy atom. The molecule has 2 aromatic rings. The second kappa shape index (κ2) is 10.5. The molecule has 2 aromatic heterocycles. The molecule has 2 saturated heterocycles. The van der Waals surface area contributed by atoms with E-state index in [1.807, 2.05) is 0 Å². The molecule has 9 nitrogen and oxygen atoms in total. The first kappa shape index (κ1) is 21.5. The van der Waals surface area contributed by atoms with Crippen LogP contribution in [0.3, 0.4) is 0 Å². The van der Waals surface area contributed by atoms with Crippen LogP contribution in [0.15, 0.2) is 36.8 Å². The highest BCUT2D eigenvalue weighted by molar-refractivity contribution is 6.33. The van der Waals surface area contributed by atoms with Crippen molar-refractivity contribution < 1.29 is 14.4 Å². The van der Waals surface area contributed by atoms with Crippen LogP contribution in [0, 0.1) is 0 Å². The van der Waals surface area contributed by atoms with Crippen molar-refractivity contribution in [2.45, 2.75) is 38.0 Å². The van der Waals surface area contributed by atoms with Crippen LogP contribution in [0.1, 0.15) is 31.2 Å². The number of carbonyl (C=O) groups is 1. The molecule has 31 heavy (non-hydrogen) atoms. The van der Waals surface area contributed by atoms with Crippen LogP contribution in [0.25, 0.3) is 6.08 Å². The number of anilines is 2. The van der Waals surface area contributed by atoms with Crippen LogP contribution >= 0.6 is 11.6 Å². The summed E-state index contributed by atoms with van der Waals surface area (Å²) in [6.45, 7) is 2.29. The molecule has 4 heterocycles. The lowest BCUT2D eigenvalue weighted by Gasteiger charge is -2.21. The highest BCUT2D eigenvalue weighted by Gasteiger charge is 2.25. The van der Waals surface area contributed by atoms with E-state index < -0.39 is 0 Å². The number of nitrogens with zero attached hydrogens (tertiary/aromatic N) is 4. The van der Waals surface area contributed by atoms with Crippen molar-refractivity contribution >= 4 is 35.4 Å². The Hall–Kier alpha value is -2.75. The van der Waals surface area contributed by atoms with Crippen LogP contribution < -0.4 is 15.7 Å². The number of nitrogens with one attached hydrogen (secondary N) is 2. The van der Waals surface area contributed by atoms with Gasteiger partial charge in [0, 0.05) is 56.8 Å². The summed E-state index contributed by atoms with van der Waals surface area (Å²) in [4.78, 5) is 32.3. The van der Waals surface area contributed by atoms with Gasteiger partial charge in [0.2, 0.25) is 5.95 Å². The molecule has 1 amide bonds. The first-order chi connectivity index (χ1) is 15.2. The minimum Gasteiger partial charge on any atom is -0.364 e. The molecule has 2 aliphatic rings. The minimum atomic E-state index is -0.382. The number of amides is 1. The Bertz CT molecular complexity index is 907. The number of ether oxygens (including phenoxy) is 1. The fraction of sp³-hybridized carbons (Fsp3) is 0.429. The third-order valence-electron chi connectivity index (χ3n) is 5.08. The molecule has 164 valence electrons. The van der Waals surface area contributed by atoms with Gasteiger partial charge in [-0.05, 0) is 43.0 Å². The maximum Gasteiger partial charge on any atom is 0.267 e. The summed E-state index contributed by atoms with van der Waals surface area (Å²) < 4.78 is 5.40. The van der Waals surface area contributed by atoms with Crippen LogP contribution in [0.5, 0.6) is 0 Å². The van der Waals surface area contributed by atoms with Gasteiger partial charge in [0.1, 0.15) is 5.82 Å². The third-order valence-corrected chi connectivity index (χ3v) is 5.37. The molecule has 0 aliphatic carbocycles. The lowest BCUT2D eigenvalue weighted by atomic mass is 10.2. The molecule has 2 atom stereocenters. The molecule has 2 aliphatic heterocycles. The zero-order valence-electron chi connectivity index (χ0n) is 17.0. The summed E-state index contributed by atoms with van der Waals surface area (Å²) in [7, 11) is 0. The Balaban J connectivity index is 1.27. The molecule has 0 radical (unpaired) electrons. The third kappa shape index (κ3) is 6.13. The monoisotopic (exact) mass is 444 g/mol. The molecule has 0 saturated carbocycles. The van der Waals surface area contributed by atoms with Crippen LogP contribution in [0.4, 0.5) is 11.8 Å². The Labute approximate surface area is 185 Å². The van der Waals surface area contributed by atoms with Gasteiger partial charge in [-0.2, -0.15) is 0 Å². The fourth-order valence-corrected chi connectivity index (χ4v) is 3.72. The average molecular weight is 445 g/mol. The largest absolute Gasteiger partial charge is 0.364 e. The van der Waals surface area contributed by atoms with Gasteiger partial charge in [-0.25, -0.2) is 25.3 Å². The zero-order valence-corrected chi connectivity index (χ0v) is 17.8. The molecule has 0 bridgehead atoms. The molecule has 10 heteroatoms. The molecular formula is C21H25ClN6O3. The van der Waals surface area contributed by atoms with Crippen LogP contribution in [-0.4, -0.2) is 52.9 Å². The maximum atomic E-state index is 11.9. The number of carbonyl (C=O) groups excluding carboxylic acids is 1. The van der Waals surface area contributed by atoms with E-state index in [9.17, 15) is 4.79 Å². The number of hydroxylamine groups is 1. The molecule has 0 aromatic carbocycles. The van der Waals surface area contributed by atoms with Gasteiger partial charge in [0.25, 0.3) is 5.91 Å². The second-order valence-corrected chi connectivity index (χ2v) is 7.84. The summed E-state index contributed by atoms with van der Waals surface area (Å²) in [6.07, 6.45) is 11.5. The number of hydrogen-bond acceptors (Lipinski definition) is 8. The first-order valence-electron chi connectivity index (χ1n) is 10.4.